The zero-order valence-corrected chi connectivity index (χ0v) is 13.5. The van der Waals surface area contributed by atoms with Crippen molar-refractivity contribution in [1.29, 1.82) is 0 Å². The van der Waals surface area contributed by atoms with Crippen molar-refractivity contribution in [3.8, 4) is 0 Å². The molecule has 0 radical (unpaired) electrons. The maximum absolute atomic E-state index is 12.4. The van der Waals surface area contributed by atoms with Gasteiger partial charge in [0.1, 0.15) is 0 Å². The van der Waals surface area contributed by atoms with Gasteiger partial charge in [-0.1, -0.05) is 30.5 Å². The van der Waals surface area contributed by atoms with Crippen molar-refractivity contribution in [3.05, 3.63) is 28.8 Å². The third-order valence-corrected chi connectivity index (χ3v) is 4.27. The van der Waals surface area contributed by atoms with E-state index in [0.717, 1.165) is 31.2 Å². The highest BCUT2D eigenvalue weighted by atomic mass is 35.5. The minimum Gasteiger partial charge on any atom is -0.325 e. The molecule has 0 aliphatic heterocycles. The second-order valence-electron chi connectivity index (χ2n) is 5.78. The maximum atomic E-state index is 12.4. The molecule has 2 atom stereocenters. The molecule has 1 saturated carbocycles. The van der Waals surface area contributed by atoms with Crippen LogP contribution < -0.4 is 11.1 Å². The summed E-state index contributed by atoms with van der Waals surface area (Å²) in [5, 5.41) is 3.48. The number of hydrogen-bond acceptors (Lipinski definition) is 2. The quantitative estimate of drug-likeness (QED) is 0.869. The van der Waals surface area contributed by atoms with Crippen LogP contribution in [0.4, 0.5) is 5.69 Å². The summed E-state index contributed by atoms with van der Waals surface area (Å²) in [5.74, 6) is -0.158. The fourth-order valence-corrected chi connectivity index (χ4v) is 3.01. The van der Waals surface area contributed by atoms with Crippen LogP contribution in [0.3, 0.4) is 0 Å². The average Bonchev–Trinajstić information content (AvgIpc) is 2.32. The van der Waals surface area contributed by atoms with Crippen molar-refractivity contribution < 1.29 is 4.79 Å². The zero-order valence-electron chi connectivity index (χ0n) is 11.9. The number of benzene rings is 1. The number of carbonyl (C=O) groups excluding carboxylic acids is 1. The Kier molecular flexibility index (Phi) is 5.87. The van der Waals surface area contributed by atoms with Gasteiger partial charge in [-0.15, -0.1) is 12.4 Å². The predicted molar refractivity (Wildman–Crippen MR) is 86.6 cm³/mol. The van der Waals surface area contributed by atoms with Crippen molar-refractivity contribution >= 4 is 35.6 Å². The molecule has 112 valence electrons. The monoisotopic (exact) mass is 316 g/mol. The van der Waals surface area contributed by atoms with Gasteiger partial charge in [0, 0.05) is 5.54 Å². The van der Waals surface area contributed by atoms with Crippen molar-refractivity contribution in [3.63, 3.8) is 0 Å². The molecule has 0 bridgehead atoms. The van der Waals surface area contributed by atoms with E-state index in [0.29, 0.717) is 10.7 Å². The first-order valence-electron chi connectivity index (χ1n) is 6.76. The highest BCUT2D eigenvalue weighted by Crippen LogP contribution is 2.33. The Labute approximate surface area is 131 Å². The summed E-state index contributed by atoms with van der Waals surface area (Å²) in [4.78, 5) is 12.4. The van der Waals surface area contributed by atoms with Crippen LogP contribution in [0, 0.1) is 12.8 Å². The van der Waals surface area contributed by atoms with Gasteiger partial charge < -0.3 is 11.1 Å². The van der Waals surface area contributed by atoms with E-state index in [1.54, 1.807) is 0 Å². The standard InChI is InChI=1S/C15H21ClN2O.ClH/c1-10-6-7-13(12(16)9-10)18-14(19)11-5-3-4-8-15(11,2)17;/h6-7,9,11H,3-5,8,17H2,1-2H3,(H,18,19);1H. The molecule has 1 aliphatic carbocycles. The summed E-state index contributed by atoms with van der Waals surface area (Å²) in [6.45, 7) is 3.93. The van der Waals surface area contributed by atoms with E-state index >= 15 is 0 Å². The van der Waals surface area contributed by atoms with E-state index in [-0.39, 0.29) is 24.2 Å². The average molecular weight is 317 g/mol. The van der Waals surface area contributed by atoms with Crippen LogP contribution >= 0.6 is 24.0 Å². The van der Waals surface area contributed by atoms with Gasteiger partial charge >= 0.3 is 0 Å². The van der Waals surface area contributed by atoms with Crippen LogP contribution in [-0.2, 0) is 4.79 Å². The van der Waals surface area contributed by atoms with E-state index in [1.165, 1.54) is 0 Å². The number of halogens is 2. The first-order valence-corrected chi connectivity index (χ1v) is 7.14. The molecule has 1 fully saturated rings. The summed E-state index contributed by atoms with van der Waals surface area (Å²) in [5.41, 5.74) is 7.57. The molecule has 2 rings (SSSR count). The molecule has 3 nitrogen and oxygen atoms in total. The Morgan fingerprint density at radius 3 is 2.75 bits per heavy atom. The van der Waals surface area contributed by atoms with E-state index in [2.05, 4.69) is 5.32 Å². The number of amides is 1. The molecule has 0 saturated heterocycles. The molecule has 1 aliphatic rings. The van der Waals surface area contributed by atoms with Crippen LogP contribution in [-0.4, -0.2) is 11.4 Å². The lowest BCUT2D eigenvalue weighted by Crippen LogP contribution is -2.51. The van der Waals surface area contributed by atoms with Crippen LogP contribution in [0.5, 0.6) is 0 Å². The van der Waals surface area contributed by atoms with E-state index in [1.807, 2.05) is 32.0 Å². The molecule has 0 spiro atoms. The van der Waals surface area contributed by atoms with Crippen molar-refractivity contribution in [2.75, 3.05) is 5.32 Å². The minimum atomic E-state index is -0.417. The number of anilines is 1. The third kappa shape index (κ3) is 3.87. The molecule has 5 heteroatoms. The molecule has 2 unspecified atom stereocenters. The van der Waals surface area contributed by atoms with Crippen LogP contribution in [0.1, 0.15) is 38.2 Å². The van der Waals surface area contributed by atoms with Gasteiger partial charge in [-0.3, -0.25) is 4.79 Å². The lowest BCUT2D eigenvalue weighted by molar-refractivity contribution is -0.122. The number of carbonyl (C=O) groups is 1. The molecule has 1 amide bonds. The van der Waals surface area contributed by atoms with Crippen molar-refractivity contribution in [2.45, 2.75) is 45.1 Å². The minimum absolute atomic E-state index is 0. The van der Waals surface area contributed by atoms with Crippen LogP contribution in [0.15, 0.2) is 18.2 Å². The van der Waals surface area contributed by atoms with Crippen molar-refractivity contribution in [2.24, 2.45) is 11.7 Å². The summed E-state index contributed by atoms with van der Waals surface area (Å²) in [6.07, 6.45) is 3.91. The summed E-state index contributed by atoms with van der Waals surface area (Å²) >= 11 is 6.14. The molecule has 0 heterocycles. The summed E-state index contributed by atoms with van der Waals surface area (Å²) in [6, 6.07) is 5.62. The van der Waals surface area contributed by atoms with Gasteiger partial charge in [0.2, 0.25) is 5.91 Å². The first kappa shape index (κ1) is 17.3. The molecule has 0 aromatic heterocycles. The lowest BCUT2D eigenvalue weighted by atomic mass is 9.74. The second kappa shape index (κ2) is 6.79. The molecule has 1 aromatic rings. The molecule has 1 aromatic carbocycles. The summed E-state index contributed by atoms with van der Waals surface area (Å²) in [7, 11) is 0. The Bertz CT molecular complexity index is 489. The lowest BCUT2D eigenvalue weighted by Gasteiger charge is -2.37. The van der Waals surface area contributed by atoms with E-state index in [9.17, 15) is 4.79 Å². The Hall–Kier alpha value is -0.770. The van der Waals surface area contributed by atoms with E-state index < -0.39 is 5.54 Å². The van der Waals surface area contributed by atoms with E-state index in [4.69, 9.17) is 17.3 Å². The number of nitrogens with one attached hydrogen (secondary N) is 1. The molecular formula is C15H22Cl2N2O. The topological polar surface area (TPSA) is 55.1 Å². The van der Waals surface area contributed by atoms with Gasteiger partial charge in [-0.2, -0.15) is 0 Å². The summed E-state index contributed by atoms with van der Waals surface area (Å²) < 4.78 is 0. The normalized spacial score (nSPS) is 25.7. The van der Waals surface area contributed by atoms with Gasteiger partial charge in [-0.25, -0.2) is 0 Å². The smallest absolute Gasteiger partial charge is 0.229 e. The number of nitrogens with two attached hydrogens (primary N) is 1. The maximum Gasteiger partial charge on any atom is 0.229 e. The van der Waals surface area contributed by atoms with Crippen molar-refractivity contribution in [1.82, 2.24) is 0 Å². The highest BCUT2D eigenvalue weighted by molar-refractivity contribution is 6.33. The number of rotatable bonds is 2. The van der Waals surface area contributed by atoms with Gasteiger partial charge in [0.25, 0.3) is 0 Å². The molecule has 3 N–H and O–H groups in total. The van der Waals surface area contributed by atoms with Crippen LogP contribution in [0.2, 0.25) is 5.02 Å². The fraction of sp³-hybridized carbons (Fsp3) is 0.533. The molecule has 20 heavy (non-hydrogen) atoms. The van der Waals surface area contributed by atoms with Gasteiger partial charge in [0.15, 0.2) is 0 Å². The Balaban J connectivity index is 0.00000200. The SMILES string of the molecule is Cc1ccc(NC(=O)C2CCCCC2(C)N)c(Cl)c1.Cl. The molecular weight excluding hydrogens is 295 g/mol. The predicted octanol–water partition coefficient (Wildman–Crippen LogP) is 3.92. The Morgan fingerprint density at radius 1 is 1.45 bits per heavy atom. The zero-order chi connectivity index (χ0) is 14.0. The first-order chi connectivity index (χ1) is 8.90. The second-order valence-corrected chi connectivity index (χ2v) is 6.18. The Morgan fingerprint density at radius 2 is 2.15 bits per heavy atom. The number of hydrogen-bond donors (Lipinski definition) is 2. The van der Waals surface area contributed by atoms with Gasteiger partial charge in [0.05, 0.1) is 16.6 Å². The van der Waals surface area contributed by atoms with Crippen LogP contribution in [0.25, 0.3) is 0 Å². The largest absolute Gasteiger partial charge is 0.325 e. The number of aryl methyl sites for hydroxylation is 1. The van der Waals surface area contributed by atoms with Gasteiger partial charge in [-0.05, 0) is 44.4 Å². The highest BCUT2D eigenvalue weighted by Gasteiger charge is 2.37. The fourth-order valence-electron chi connectivity index (χ4n) is 2.73. The third-order valence-electron chi connectivity index (χ3n) is 3.95.